The van der Waals surface area contributed by atoms with Crippen LogP contribution in [0.1, 0.15) is 33.9 Å². The van der Waals surface area contributed by atoms with Gasteiger partial charge in [0.05, 0.1) is 5.56 Å². The highest BCUT2D eigenvalue weighted by Gasteiger charge is 2.19. The number of carboxylic acids is 1. The fourth-order valence-electron chi connectivity index (χ4n) is 1.77. The maximum atomic E-state index is 10.7. The van der Waals surface area contributed by atoms with Crippen molar-refractivity contribution >= 4 is 18.4 Å². The number of nitrogens with two attached hydrogens (primary N) is 1. The number of aryl methyl sites for hydroxylation is 1. The minimum Gasteiger partial charge on any atom is -0.478 e. The molecule has 1 aliphatic carbocycles. The number of halogens is 1. The van der Waals surface area contributed by atoms with E-state index in [4.69, 9.17) is 10.8 Å². The molecule has 1 aromatic rings. The molecule has 0 saturated heterocycles. The summed E-state index contributed by atoms with van der Waals surface area (Å²) in [7, 11) is 0. The Morgan fingerprint density at radius 3 is 2.86 bits per heavy atom. The summed E-state index contributed by atoms with van der Waals surface area (Å²) < 4.78 is 0. The minimum atomic E-state index is -0.887. The Hall–Kier alpha value is -1.06. The zero-order valence-electron chi connectivity index (χ0n) is 7.56. The van der Waals surface area contributed by atoms with Gasteiger partial charge in [-0.2, -0.15) is 0 Å². The highest BCUT2D eigenvalue weighted by atomic mass is 35.5. The third-order valence-electron chi connectivity index (χ3n) is 2.52. The number of hydrogen-bond donors (Lipinski definition) is 2. The van der Waals surface area contributed by atoms with Gasteiger partial charge in [-0.1, -0.05) is 6.07 Å². The van der Waals surface area contributed by atoms with Crippen molar-refractivity contribution in [1.82, 2.24) is 0 Å². The number of hydrogen-bond acceptors (Lipinski definition) is 2. The van der Waals surface area contributed by atoms with Gasteiger partial charge in [-0.05, 0) is 36.1 Å². The van der Waals surface area contributed by atoms with Gasteiger partial charge in [-0.25, -0.2) is 4.79 Å². The SMILES string of the molecule is Cl.N[C@H]1CCc2ccc(C(=O)O)cc21. The molecule has 0 bridgehead atoms. The molecule has 0 aliphatic heterocycles. The van der Waals surface area contributed by atoms with E-state index in [2.05, 4.69) is 0 Å². The van der Waals surface area contributed by atoms with Crippen molar-refractivity contribution in [1.29, 1.82) is 0 Å². The molecule has 3 N–H and O–H groups in total. The van der Waals surface area contributed by atoms with E-state index >= 15 is 0 Å². The van der Waals surface area contributed by atoms with Crippen molar-refractivity contribution in [2.24, 2.45) is 5.73 Å². The van der Waals surface area contributed by atoms with Crippen molar-refractivity contribution in [3.05, 3.63) is 34.9 Å². The van der Waals surface area contributed by atoms with Crippen molar-refractivity contribution < 1.29 is 9.90 Å². The van der Waals surface area contributed by atoms with Gasteiger partial charge >= 0.3 is 5.97 Å². The van der Waals surface area contributed by atoms with Crippen LogP contribution in [0.3, 0.4) is 0 Å². The Bertz CT molecular complexity index is 365. The largest absolute Gasteiger partial charge is 0.478 e. The third-order valence-corrected chi connectivity index (χ3v) is 2.52. The number of carbonyl (C=O) groups is 1. The zero-order valence-corrected chi connectivity index (χ0v) is 8.38. The topological polar surface area (TPSA) is 63.3 Å². The van der Waals surface area contributed by atoms with E-state index < -0.39 is 5.97 Å². The zero-order chi connectivity index (χ0) is 9.42. The first kappa shape index (κ1) is 11.0. The molecule has 1 atom stereocenters. The molecule has 3 nitrogen and oxygen atoms in total. The van der Waals surface area contributed by atoms with Gasteiger partial charge in [0.1, 0.15) is 0 Å². The minimum absolute atomic E-state index is 0. The average molecular weight is 214 g/mol. The van der Waals surface area contributed by atoms with E-state index in [0.717, 1.165) is 18.4 Å². The van der Waals surface area contributed by atoms with E-state index in [0.29, 0.717) is 5.56 Å². The van der Waals surface area contributed by atoms with E-state index in [9.17, 15) is 4.79 Å². The van der Waals surface area contributed by atoms with Gasteiger partial charge in [0.15, 0.2) is 0 Å². The Labute approximate surface area is 88.3 Å². The smallest absolute Gasteiger partial charge is 0.335 e. The lowest BCUT2D eigenvalue weighted by molar-refractivity contribution is 0.0697. The maximum Gasteiger partial charge on any atom is 0.335 e. The molecule has 1 aromatic carbocycles. The molecule has 0 heterocycles. The van der Waals surface area contributed by atoms with Crippen LogP contribution in [0.2, 0.25) is 0 Å². The predicted octanol–water partition coefficient (Wildman–Crippen LogP) is 1.75. The Kier molecular flexibility index (Phi) is 3.13. The fraction of sp³-hybridized carbons (Fsp3) is 0.300. The first-order valence-corrected chi connectivity index (χ1v) is 4.30. The predicted molar refractivity (Wildman–Crippen MR) is 55.9 cm³/mol. The van der Waals surface area contributed by atoms with Crippen LogP contribution in [-0.4, -0.2) is 11.1 Å². The van der Waals surface area contributed by atoms with Crippen LogP contribution in [0, 0.1) is 0 Å². The van der Waals surface area contributed by atoms with Crippen LogP contribution in [0.5, 0.6) is 0 Å². The van der Waals surface area contributed by atoms with Crippen molar-refractivity contribution in [3.63, 3.8) is 0 Å². The quantitative estimate of drug-likeness (QED) is 0.747. The summed E-state index contributed by atoms with van der Waals surface area (Å²) in [4.78, 5) is 10.7. The molecule has 4 heteroatoms. The molecule has 0 fully saturated rings. The Morgan fingerprint density at radius 2 is 2.21 bits per heavy atom. The Morgan fingerprint density at radius 1 is 1.50 bits per heavy atom. The summed E-state index contributed by atoms with van der Waals surface area (Å²) in [6.45, 7) is 0. The second kappa shape index (κ2) is 3.98. The normalized spacial score (nSPS) is 18.5. The summed E-state index contributed by atoms with van der Waals surface area (Å²) in [5.41, 5.74) is 8.34. The van der Waals surface area contributed by atoms with Crippen LogP contribution in [0.25, 0.3) is 0 Å². The van der Waals surface area contributed by atoms with Crippen LogP contribution in [0.4, 0.5) is 0 Å². The monoisotopic (exact) mass is 213 g/mol. The van der Waals surface area contributed by atoms with Crippen LogP contribution in [-0.2, 0) is 6.42 Å². The second-order valence-electron chi connectivity index (χ2n) is 3.36. The highest BCUT2D eigenvalue weighted by Crippen LogP contribution is 2.29. The third kappa shape index (κ3) is 1.74. The maximum absolute atomic E-state index is 10.7. The van der Waals surface area contributed by atoms with Gasteiger partial charge in [0, 0.05) is 6.04 Å². The average Bonchev–Trinajstić information content (AvgIpc) is 2.47. The molecule has 0 aromatic heterocycles. The van der Waals surface area contributed by atoms with Gasteiger partial charge in [-0.3, -0.25) is 0 Å². The van der Waals surface area contributed by atoms with Crippen molar-refractivity contribution in [2.45, 2.75) is 18.9 Å². The standard InChI is InChI=1S/C10H11NO2.ClH/c11-9-4-3-6-1-2-7(10(12)13)5-8(6)9;/h1-2,5,9H,3-4,11H2,(H,12,13);1H/t9-;/m0./s1. The number of rotatable bonds is 1. The molecule has 76 valence electrons. The summed E-state index contributed by atoms with van der Waals surface area (Å²) in [5.74, 6) is -0.887. The van der Waals surface area contributed by atoms with Crippen molar-refractivity contribution in [2.75, 3.05) is 0 Å². The molecular weight excluding hydrogens is 202 g/mol. The molecule has 0 unspecified atom stereocenters. The van der Waals surface area contributed by atoms with Crippen LogP contribution < -0.4 is 5.73 Å². The number of fused-ring (bicyclic) bond motifs is 1. The van der Waals surface area contributed by atoms with Gasteiger partial charge in [0.2, 0.25) is 0 Å². The molecular formula is C10H12ClNO2. The van der Waals surface area contributed by atoms with E-state index in [1.165, 1.54) is 5.56 Å². The van der Waals surface area contributed by atoms with Crippen LogP contribution >= 0.6 is 12.4 Å². The molecule has 0 amide bonds. The summed E-state index contributed by atoms with van der Waals surface area (Å²) in [6.07, 6.45) is 1.90. The van der Waals surface area contributed by atoms with E-state index in [-0.39, 0.29) is 18.4 Å². The summed E-state index contributed by atoms with van der Waals surface area (Å²) in [6, 6.07) is 5.22. The molecule has 2 rings (SSSR count). The van der Waals surface area contributed by atoms with Crippen LogP contribution in [0.15, 0.2) is 18.2 Å². The first-order chi connectivity index (χ1) is 6.18. The molecule has 0 spiro atoms. The van der Waals surface area contributed by atoms with Gasteiger partial charge in [-0.15, -0.1) is 12.4 Å². The number of benzene rings is 1. The summed E-state index contributed by atoms with van der Waals surface area (Å²) >= 11 is 0. The Balaban J connectivity index is 0.000000980. The summed E-state index contributed by atoms with van der Waals surface area (Å²) in [5, 5.41) is 8.76. The lowest BCUT2D eigenvalue weighted by atomic mass is 10.0. The molecule has 0 radical (unpaired) electrons. The second-order valence-corrected chi connectivity index (χ2v) is 3.36. The lowest BCUT2D eigenvalue weighted by Crippen LogP contribution is -2.06. The molecule has 1 aliphatic rings. The van der Waals surface area contributed by atoms with Gasteiger partial charge < -0.3 is 10.8 Å². The lowest BCUT2D eigenvalue weighted by Gasteiger charge is -2.04. The number of aromatic carboxylic acids is 1. The van der Waals surface area contributed by atoms with Gasteiger partial charge in [0.25, 0.3) is 0 Å². The van der Waals surface area contributed by atoms with E-state index in [1.807, 2.05) is 6.07 Å². The molecule has 14 heavy (non-hydrogen) atoms. The van der Waals surface area contributed by atoms with Crippen molar-refractivity contribution in [3.8, 4) is 0 Å². The molecule has 0 saturated carbocycles. The highest BCUT2D eigenvalue weighted by molar-refractivity contribution is 5.88. The fourth-order valence-corrected chi connectivity index (χ4v) is 1.77. The number of carboxylic acid groups (broad SMARTS) is 1. The first-order valence-electron chi connectivity index (χ1n) is 4.30. The van der Waals surface area contributed by atoms with E-state index in [1.54, 1.807) is 12.1 Å².